The smallest absolute Gasteiger partial charge is 0.142 e. The zero-order valence-corrected chi connectivity index (χ0v) is 15.8. The number of nitrogens with one attached hydrogen (secondary N) is 1. The molecule has 29 heavy (non-hydrogen) atoms. The van der Waals surface area contributed by atoms with Gasteiger partial charge in [0.1, 0.15) is 24.6 Å². The van der Waals surface area contributed by atoms with E-state index in [2.05, 4.69) is 20.4 Å². The second-order valence-corrected chi connectivity index (χ2v) is 6.52. The van der Waals surface area contributed by atoms with Crippen LogP contribution in [0.5, 0.6) is 0 Å². The number of hydrogen-bond donors (Lipinski definition) is 1. The fourth-order valence-corrected chi connectivity index (χ4v) is 2.87. The van der Waals surface area contributed by atoms with Crippen molar-refractivity contribution in [3.63, 3.8) is 0 Å². The Morgan fingerprint density at radius 2 is 1.72 bits per heavy atom. The maximum absolute atomic E-state index is 12.9. The fraction of sp³-hybridized carbons (Fsp3) is 0.0870. The Kier molecular flexibility index (Phi) is 5.42. The van der Waals surface area contributed by atoms with Crippen molar-refractivity contribution in [2.45, 2.75) is 13.5 Å². The molecule has 0 aliphatic heterocycles. The van der Waals surface area contributed by atoms with E-state index in [1.807, 2.05) is 55.5 Å². The SMILES string of the molecule is C/C(=N/OCc1ccc(F)cc1)c1ccc(Nc2ncnc3ccccc23)cc1. The van der Waals surface area contributed by atoms with Crippen LogP contribution in [0.25, 0.3) is 10.9 Å². The summed E-state index contributed by atoms with van der Waals surface area (Å²) in [6.45, 7) is 2.17. The highest BCUT2D eigenvalue weighted by Gasteiger charge is 2.04. The first kappa shape index (κ1) is 18.6. The van der Waals surface area contributed by atoms with Gasteiger partial charge < -0.3 is 10.2 Å². The van der Waals surface area contributed by atoms with Gasteiger partial charge in [0.25, 0.3) is 0 Å². The molecular weight excluding hydrogens is 367 g/mol. The lowest BCUT2D eigenvalue weighted by molar-refractivity contribution is 0.130. The minimum Gasteiger partial charge on any atom is -0.391 e. The zero-order valence-electron chi connectivity index (χ0n) is 15.8. The number of benzene rings is 3. The van der Waals surface area contributed by atoms with Gasteiger partial charge in [0.2, 0.25) is 0 Å². The minimum absolute atomic E-state index is 0.267. The summed E-state index contributed by atoms with van der Waals surface area (Å²) in [4.78, 5) is 14.0. The molecule has 1 N–H and O–H groups in total. The van der Waals surface area contributed by atoms with Crippen LogP contribution in [0.2, 0.25) is 0 Å². The second kappa shape index (κ2) is 8.48. The topological polar surface area (TPSA) is 59.4 Å². The number of aromatic nitrogens is 2. The van der Waals surface area contributed by atoms with Gasteiger partial charge in [-0.15, -0.1) is 0 Å². The Labute approximate surface area is 167 Å². The van der Waals surface area contributed by atoms with Crippen LogP contribution < -0.4 is 5.32 Å². The lowest BCUT2D eigenvalue weighted by atomic mass is 10.1. The van der Waals surface area contributed by atoms with Crippen molar-refractivity contribution < 1.29 is 9.23 Å². The Bertz CT molecular complexity index is 1140. The molecule has 1 aromatic heterocycles. The van der Waals surface area contributed by atoms with E-state index in [1.165, 1.54) is 12.1 Å². The molecule has 3 aromatic carbocycles. The lowest BCUT2D eigenvalue weighted by Gasteiger charge is -2.09. The van der Waals surface area contributed by atoms with Gasteiger partial charge in [-0.1, -0.05) is 41.6 Å². The standard InChI is InChI=1S/C23H19FN4O/c1-16(28-29-14-17-6-10-19(24)11-7-17)18-8-12-20(13-9-18)27-23-21-4-2-3-5-22(21)25-15-26-23/h2-13,15H,14H2,1H3,(H,25,26,27)/b28-16-. The molecule has 0 fully saturated rings. The molecule has 5 nitrogen and oxygen atoms in total. The van der Waals surface area contributed by atoms with Crippen molar-refractivity contribution in [3.05, 3.63) is 96.1 Å². The summed E-state index contributed by atoms with van der Waals surface area (Å²) in [6, 6.07) is 21.9. The molecule has 0 spiro atoms. The Balaban J connectivity index is 1.42. The molecule has 144 valence electrons. The van der Waals surface area contributed by atoms with Gasteiger partial charge in [-0.2, -0.15) is 0 Å². The first-order valence-electron chi connectivity index (χ1n) is 9.17. The average molecular weight is 386 g/mol. The largest absolute Gasteiger partial charge is 0.391 e. The summed E-state index contributed by atoms with van der Waals surface area (Å²) in [5.74, 6) is 0.494. The van der Waals surface area contributed by atoms with E-state index >= 15 is 0 Å². The molecule has 0 saturated carbocycles. The van der Waals surface area contributed by atoms with E-state index in [9.17, 15) is 4.39 Å². The highest BCUT2D eigenvalue weighted by molar-refractivity contribution is 5.98. The van der Waals surface area contributed by atoms with E-state index in [0.29, 0.717) is 0 Å². The van der Waals surface area contributed by atoms with Gasteiger partial charge in [-0.25, -0.2) is 14.4 Å². The number of rotatable bonds is 6. The summed E-state index contributed by atoms with van der Waals surface area (Å²) in [5, 5.41) is 8.44. The minimum atomic E-state index is -0.267. The molecule has 0 unspecified atom stereocenters. The van der Waals surface area contributed by atoms with Crippen LogP contribution in [0.3, 0.4) is 0 Å². The molecule has 0 saturated heterocycles. The first-order chi connectivity index (χ1) is 14.2. The molecule has 6 heteroatoms. The summed E-state index contributed by atoms with van der Waals surface area (Å²) >= 11 is 0. The van der Waals surface area contributed by atoms with E-state index in [-0.39, 0.29) is 12.4 Å². The van der Waals surface area contributed by atoms with Crippen molar-refractivity contribution in [1.29, 1.82) is 0 Å². The van der Waals surface area contributed by atoms with E-state index in [0.717, 1.165) is 39.2 Å². The predicted octanol–water partition coefficient (Wildman–Crippen LogP) is 5.45. The second-order valence-electron chi connectivity index (χ2n) is 6.52. The molecule has 0 bridgehead atoms. The van der Waals surface area contributed by atoms with Crippen molar-refractivity contribution in [1.82, 2.24) is 9.97 Å². The number of halogens is 1. The Morgan fingerprint density at radius 1 is 0.966 bits per heavy atom. The van der Waals surface area contributed by atoms with Crippen LogP contribution >= 0.6 is 0 Å². The molecule has 4 rings (SSSR count). The van der Waals surface area contributed by atoms with Crippen LogP contribution in [-0.2, 0) is 11.4 Å². The maximum Gasteiger partial charge on any atom is 0.142 e. The Morgan fingerprint density at radius 3 is 2.52 bits per heavy atom. The number of anilines is 2. The average Bonchev–Trinajstić information content (AvgIpc) is 2.76. The van der Waals surface area contributed by atoms with Crippen LogP contribution in [0.1, 0.15) is 18.1 Å². The normalized spacial score (nSPS) is 11.4. The van der Waals surface area contributed by atoms with Gasteiger partial charge in [0, 0.05) is 11.1 Å². The molecule has 0 radical (unpaired) electrons. The highest BCUT2D eigenvalue weighted by atomic mass is 19.1. The fourth-order valence-electron chi connectivity index (χ4n) is 2.87. The van der Waals surface area contributed by atoms with E-state index < -0.39 is 0 Å². The van der Waals surface area contributed by atoms with Crippen LogP contribution in [-0.4, -0.2) is 15.7 Å². The lowest BCUT2D eigenvalue weighted by Crippen LogP contribution is -1.99. The summed E-state index contributed by atoms with van der Waals surface area (Å²) < 4.78 is 12.9. The van der Waals surface area contributed by atoms with Gasteiger partial charge in [0.05, 0.1) is 11.2 Å². The molecule has 0 aliphatic rings. The van der Waals surface area contributed by atoms with Gasteiger partial charge in [0.15, 0.2) is 0 Å². The van der Waals surface area contributed by atoms with Gasteiger partial charge >= 0.3 is 0 Å². The summed E-state index contributed by atoms with van der Waals surface area (Å²) in [5.41, 5.74) is 4.37. The molecule has 0 amide bonds. The monoisotopic (exact) mass is 386 g/mol. The number of oxime groups is 1. The maximum atomic E-state index is 12.9. The van der Waals surface area contributed by atoms with Crippen molar-refractivity contribution in [2.75, 3.05) is 5.32 Å². The third-order valence-electron chi connectivity index (χ3n) is 4.45. The van der Waals surface area contributed by atoms with Crippen molar-refractivity contribution >= 4 is 28.1 Å². The number of nitrogens with zero attached hydrogens (tertiary/aromatic N) is 3. The zero-order chi connectivity index (χ0) is 20.1. The van der Waals surface area contributed by atoms with Crippen molar-refractivity contribution in [3.8, 4) is 0 Å². The van der Waals surface area contributed by atoms with Gasteiger partial charge in [-0.3, -0.25) is 0 Å². The quantitative estimate of drug-likeness (QED) is 0.353. The Hall–Kier alpha value is -3.80. The summed E-state index contributed by atoms with van der Waals surface area (Å²) in [6.07, 6.45) is 1.55. The number of hydrogen-bond acceptors (Lipinski definition) is 5. The third-order valence-corrected chi connectivity index (χ3v) is 4.45. The first-order valence-corrected chi connectivity index (χ1v) is 9.17. The van der Waals surface area contributed by atoms with E-state index in [4.69, 9.17) is 4.84 Å². The molecule has 0 aliphatic carbocycles. The number of para-hydroxylation sites is 1. The molecule has 4 aromatic rings. The van der Waals surface area contributed by atoms with Crippen molar-refractivity contribution in [2.24, 2.45) is 5.16 Å². The van der Waals surface area contributed by atoms with Crippen LogP contribution in [0.4, 0.5) is 15.9 Å². The molecular formula is C23H19FN4O. The van der Waals surface area contributed by atoms with Crippen LogP contribution in [0, 0.1) is 5.82 Å². The predicted molar refractivity (Wildman–Crippen MR) is 113 cm³/mol. The summed E-state index contributed by atoms with van der Waals surface area (Å²) in [7, 11) is 0. The molecule has 0 atom stereocenters. The third kappa shape index (κ3) is 4.55. The van der Waals surface area contributed by atoms with Gasteiger partial charge in [-0.05, 0) is 54.4 Å². The van der Waals surface area contributed by atoms with Crippen LogP contribution in [0.15, 0.2) is 84.3 Å². The van der Waals surface area contributed by atoms with E-state index in [1.54, 1.807) is 18.5 Å². The molecule has 1 heterocycles. The highest BCUT2D eigenvalue weighted by Crippen LogP contribution is 2.23. The number of fused-ring (bicyclic) bond motifs is 1.